The molecule has 0 fully saturated rings. The second kappa shape index (κ2) is 11.9. The predicted molar refractivity (Wildman–Crippen MR) is 164 cm³/mol. The van der Waals surface area contributed by atoms with Crippen LogP contribution in [-0.2, 0) is 26.3 Å². The third kappa shape index (κ3) is 6.83. The van der Waals surface area contributed by atoms with Crippen LogP contribution in [0.1, 0.15) is 40.9 Å². The van der Waals surface area contributed by atoms with Gasteiger partial charge in [-0.05, 0) is 79.8 Å². The van der Waals surface area contributed by atoms with E-state index >= 15 is 0 Å². The summed E-state index contributed by atoms with van der Waals surface area (Å²) < 4.78 is 56.9. The highest BCUT2D eigenvalue weighted by Gasteiger charge is 2.22. The van der Waals surface area contributed by atoms with Gasteiger partial charge in [-0.1, -0.05) is 30.3 Å². The number of rotatable bonds is 9. The van der Waals surface area contributed by atoms with Gasteiger partial charge >= 0.3 is 0 Å². The molecule has 9 nitrogen and oxygen atoms in total. The molecule has 3 N–H and O–H groups in total. The summed E-state index contributed by atoms with van der Waals surface area (Å²) in [6.07, 6.45) is 2.78. The molecule has 0 bridgehead atoms. The Balaban J connectivity index is 1.43. The lowest BCUT2D eigenvalue weighted by atomic mass is 9.96. The van der Waals surface area contributed by atoms with Crippen molar-refractivity contribution in [2.24, 2.45) is 0 Å². The summed E-state index contributed by atoms with van der Waals surface area (Å²) in [5, 5.41) is 13.4. The van der Waals surface area contributed by atoms with Crippen molar-refractivity contribution < 1.29 is 31.3 Å². The SMILES string of the molecule is Cc1c(NC(=O)c2ccc(C(C)(C)O)cc2F)cc(F)cc1-c1ncnc2[nH]c(-c3ccc(CCOS(C)(=O)=O)cc3)cc12. The van der Waals surface area contributed by atoms with Crippen LogP contribution in [0.4, 0.5) is 14.5 Å². The highest BCUT2D eigenvalue weighted by molar-refractivity contribution is 7.85. The Hall–Kier alpha value is -4.52. The Bertz CT molecular complexity index is 1990. The zero-order valence-electron chi connectivity index (χ0n) is 24.4. The van der Waals surface area contributed by atoms with E-state index in [-0.39, 0.29) is 17.9 Å². The smallest absolute Gasteiger partial charge is 0.264 e. The fraction of sp³-hybridized carbons (Fsp3) is 0.219. The molecule has 12 heteroatoms. The Morgan fingerprint density at radius 1 is 1.05 bits per heavy atom. The number of halogens is 2. The number of anilines is 1. The standard InChI is InChI=1S/C32H30F2N4O5S/c1-18-24(14-22(33)15-27(18)38-31(39)23-10-9-21(13-26(23)34)32(2,3)40)29-25-16-28(37-30(25)36-17-35-29)20-7-5-19(6-8-20)11-12-43-44(4,41)42/h5-10,13-17,40H,11-12H2,1-4H3,(H,38,39)(H,35,36,37). The molecule has 2 heterocycles. The maximum Gasteiger partial charge on any atom is 0.264 e. The number of aromatic nitrogens is 3. The summed E-state index contributed by atoms with van der Waals surface area (Å²) in [6.45, 7) is 4.76. The number of nitrogens with one attached hydrogen (secondary N) is 2. The third-order valence-electron chi connectivity index (χ3n) is 7.17. The Morgan fingerprint density at radius 2 is 1.77 bits per heavy atom. The molecule has 5 aromatic rings. The lowest BCUT2D eigenvalue weighted by molar-refractivity contribution is 0.0780. The summed E-state index contributed by atoms with van der Waals surface area (Å²) in [6, 6.07) is 15.6. The molecule has 0 atom stereocenters. The van der Waals surface area contributed by atoms with E-state index in [4.69, 9.17) is 4.18 Å². The number of carbonyl (C=O) groups excluding carboxylic acids is 1. The van der Waals surface area contributed by atoms with Gasteiger partial charge < -0.3 is 15.4 Å². The third-order valence-corrected chi connectivity index (χ3v) is 7.77. The maximum atomic E-state index is 14.9. The van der Waals surface area contributed by atoms with Gasteiger partial charge in [-0.15, -0.1) is 0 Å². The zero-order chi connectivity index (χ0) is 31.8. The number of aromatic amines is 1. The average molecular weight is 621 g/mol. The number of benzene rings is 3. The second-order valence-corrected chi connectivity index (χ2v) is 12.6. The van der Waals surface area contributed by atoms with Gasteiger partial charge in [-0.25, -0.2) is 18.7 Å². The number of nitrogens with zero attached hydrogens (tertiary/aromatic N) is 2. The molecular weight excluding hydrogens is 590 g/mol. The average Bonchev–Trinajstić information content (AvgIpc) is 3.38. The molecule has 0 saturated heterocycles. The van der Waals surface area contributed by atoms with Crippen LogP contribution in [0.5, 0.6) is 0 Å². The number of carbonyl (C=O) groups is 1. The van der Waals surface area contributed by atoms with Crippen molar-refractivity contribution in [3.8, 4) is 22.5 Å². The minimum Gasteiger partial charge on any atom is -0.386 e. The molecule has 3 aromatic carbocycles. The van der Waals surface area contributed by atoms with Crippen LogP contribution in [-0.4, -0.2) is 47.2 Å². The monoisotopic (exact) mass is 620 g/mol. The highest BCUT2D eigenvalue weighted by Crippen LogP contribution is 2.35. The van der Waals surface area contributed by atoms with E-state index in [1.54, 1.807) is 6.92 Å². The van der Waals surface area contributed by atoms with Gasteiger partial charge in [0, 0.05) is 22.3 Å². The molecule has 0 saturated carbocycles. The number of H-pyrrole nitrogens is 1. The van der Waals surface area contributed by atoms with Crippen LogP contribution in [0.15, 0.2) is 67.0 Å². The van der Waals surface area contributed by atoms with E-state index in [1.165, 1.54) is 38.4 Å². The molecular formula is C32H30F2N4O5S. The Kier molecular flexibility index (Phi) is 8.34. The van der Waals surface area contributed by atoms with Crippen molar-refractivity contribution in [3.05, 3.63) is 101 Å². The normalized spacial score (nSPS) is 12.1. The van der Waals surface area contributed by atoms with Crippen molar-refractivity contribution in [1.82, 2.24) is 15.0 Å². The van der Waals surface area contributed by atoms with E-state index in [0.29, 0.717) is 39.8 Å². The second-order valence-electron chi connectivity index (χ2n) is 11.0. The molecule has 5 rings (SSSR count). The topological polar surface area (TPSA) is 134 Å². The summed E-state index contributed by atoms with van der Waals surface area (Å²) in [4.78, 5) is 25.0. The zero-order valence-corrected chi connectivity index (χ0v) is 25.2. The van der Waals surface area contributed by atoms with E-state index in [9.17, 15) is 27.1 Å². The number of hydrogen-bond donors (Lipinski definition) is 3. The van der Waals surface area contributed by atoms with Gasteiger partial charge in [0.05, 0.1) is 29.7 Å². The largest absolute Gasteiger partial charge is 0.386 e. The summed E-state index contributed by atoms with van der Waals surface area (Å²) in [5.41, 5.74) is 3.25. The molecule has 0 unspecified atom stereocenters. The Labute approximate surface area is 253 Å². The number of aliphatic hydroxyl groups is 1. The molecule has 228 valence electrons. The van der Waals surface area contributed by atoms with Crippen LogP contribution < -0.4 is 5.32 Å². The predicted octanol–water partition coefficient (Wildman–Crippen LogP) is 5.88. The van der Waals surface area contributed by atoms with Gasteiger partial charge in [0.15, 0.2) is 0 Å². The molecule has 0 aliphatic heterocycles. The minimum atomic E-state index is -3.51. The lowest BCUT2D eigenvalue weighted by Gasteiger charge is -2.18. The molecule has 2 aromatic heterocycles. The van der Waals surface area contributed by atoms with Crippen molar-refractivity contribution in [2.75, 3.05) is 18.2 Å². The number of amides is 1. The van der Waals surface area contributed by atoms with Crippen LogP contribution in [0.2, 0.25) is 0 Å². The van der Waals surface area contributed by atoms with Gasteiger partial charge in [0.1, 0.15) is 23.6 Å². The fourth-order valence-corrected chi connectivity index (χ4v) is 5.18. The van der Waals surface area contributed by atoms with E-state index in [2.05, 4.69) is 20.3 Å². The quantitative estimate of drug-likeness (QED) is 0.175. The molecule has 0 radical (unpaired) electrons. The first kappa shape index (κ1) is 30.9. The summed E-state index contributed by atoms with van der Waals surface area (Å²) >= 11 is 0. The molecule has 44 heavy (non-hydrogen) atoms. The van der Waals surface area contributed by atoms with E-state index < -0.39 is 33.3 Å². The van der Waals surface area contributed by atoms with Gasteiger partial charge in [-0.3, -0.25) is 8.98 Å². The van der Waals surface area contributed by atoms with Crippen LogP contribution in [0.25, 0.3) is 33.5 Å². The fourth-order valence-electron chi connectivity index (χ4n) is 4.80. The first-order chi connectivity index (χ1) is 20.7. The maximum absolute atomic E-state index is 14.9. The number of fused-ring (bicyclic) bond motifs is 1. The van der Waals surface area contributed by atoms with Gasteiger partial charge in [0.25, 0.3) is 16.0 Å². The molecule has 0 aliphatic rings. The van der Waals surface area contributed by atoms with E-state index in [1.807, 2.05) is 30.3 Å². The van der Waals surface area contributed by atoms with Crippen molar-refractivity contribution >= 4 is 32.7 Å². The molecule has 0 spiro atoms. The Morgan fingerprint density at radius 3 is 2.43 bits per heavy atom. The van der Waals surface area contributed by atoms with Crippen molar-refractivity contribution in [1.29, 1.82) is 0 Å². The minimum absolute atomic E-state index is 0.0439. The van der Waals surface area contributed by atoms with Gasteiger partial charge in [-0.2, -0.15) is 8.42 Å². The van der Waals surface area contributed by atoms with Crippen LogP contribution in [0, 0.1) is 18.6 Å². The van der Waals surface area contributed by atoms with Crippen molar-refractivity contribution in [3.63, 3.8) is 0 Å². The van der Waals surface area contributed by atoms with E-state index in [0.717, 1.165) is 35.2 Å². The first-order valence-electron chi connectivity index (χ1n) is 13.6. The van der Waals surface area contributed by atoms with Crippen LogP contribution in [0.3, 0.4) is 0 Å². The molecule has 1 amide bonds. The molecule has 0 aliphatic carbocycles. The van der Waals surface area contributed by atoms with Crippen molar-refractivity contribution in [2.45, 2.75) is 32.8 Å². The lowest BCUT2D eigenvalue weighted by Crippen LogP contribution is -2.19. The highest BCUT2D eigenvalue weighted by atomic mass is 32.2. The number of hydrogen-bond acceptors (Lipinski definition) is 7. The van der Waals surface area contributed by atoms with Gasteiger partial charge in [0.2, 0.25) is 0 Å². The van der Waals surface area contributed by atoms with Crippen LogP contribution >= 0.6 is 0 Å². The first-order valence-corrected chi connectivity index (χ1v) is 15.4. The summed E-state index contributed by atoms with van der Waals surface area (Å²) in [7, 11) is -3.51. The summed E-state index contributed by atoms with van der Waals surface area (Å²) in [5.74, 6) is -2.21.